The number of aliphatic hydroxyl groups excluding tert-OH is 2. The standard InChI is InChI=1S/C4H10O2.3C2H4/c5-3-1-2-4-6;3*1-2/h5-6H,1-4H2;3*1-2H2. The lowest BCUT2D eigenvalue weighted by molar-refractivity contribution is 0.242. The summed E-state index contributed by atoms with van der Waals surface area (Å²) in [7, 11) is 0. The molecule has 0 rings (SSSR count). The fourth-order valence-electron chi connectivity index (χ4n) is 0.224. The molecular formula is C10H22O2. The molecule has 0 bridgehead atoms. The minimum Gasteiger partial charge on any atom is -0.396 e. The summed E-state index contributed by atoms with van der Waals surface area (Å²) in [5, 5.41) is 16.2. The zero-order chi connectivity index (χ0) is 10.8. The van der Waals surface area contributed by atoms with E-state index in [0.29, 0.717) is 0 Å². The molecule has 0 aliphatic heterocycles. The van der Waals surface area contributed by atoms with Crippen LogP contribution in [-0.4, -0.2) is 23.4 Å². The maximum atomic E-state index is 8.09. The van der Waals surface area contributed by atoms with Crippen LogP contribution in [-0.2, 0) is 0 Å². The van der Waals surface area contributed by atoms with Gasteiger partial charge in [-0.25, -0.2) is 0 Å². The average molecular weight is 174 g/mol. The van der Waals surface area contributed by atoms with Gasteiger partial charge in [-0.05, 0) is 12.8 Å². The number of hydrogen-bond donors (Lipinski definition) is 2. The molecule has 0 aromatic heterocycles. The lowest BCUT2D eigenvalue weighted by atomic mass is 10.3. The van der Waals surface area contributed by atoms with Crippen molar-refractivity contribution in [3.8, 4) is 0 Å². The highest BCUT2D eigenvalue weighted by Gasteiger charge is 1.77. The van der Waals surface area contributed by atoms with E-state index in [4.69, 9.17) is 10.2 Å². The second-order valence-corrected chi connectivity index (χ2v) is 1.15. The lowest BCUT2D eigenvalue weighted by Crippen LogP contribution is -1.85. The molecule has 0 unspecified atom stereocenters. The maximum absolute atomic E-state index is 8.09. The zero-order valence-corrected chi connectivity index (χ0v) is 7.97. The van der Waals surface area contributed by atoms with E-state index in [1.54, 1.807) is 0 Å². The van der Waals surface area contributed by atoms with Crippen molar-refractivity contribution in [1.29, 1.82) is 0 Å². The van der Waals surface area contributed by atoms with Crippen LogP contribution in [0.1, 0.15) is 12.8 Å². The van der Waals surface area contributed by atoms with Crippen molar-refractivity contribution < 1.29 is 10.2 Å². The number of hydrogen-bond acceptors (Lipinski definition) is 2. The molecule has 0 radical (unpaired) electrons. The molecule has 0 aromatic rings. The summed E-state index contributed by atoms with van der Waals surface area (Å²) >= 11 is 0. The summed E-state index contributed by atoms with van der Waals surface area (Å²) in [5.74, 6) is 0. The highest BCUT2D eigenvalue weighted by molar-refractivity contribution is 4.30. The SMILES string of the molecule is C=C.C=C.C=C.OCCCCO. The van der Waals surface area contributed by atoms with Crippen LogP contribution < -0.4 is 0 Å². The van der Waals surface area contributed by atoms with Crippen LogP contribution >= 0.6 is 0 Å². The number of rotatable bonds is 3. The Morgan fingerprint density at radius 2 is 0.750 bits per heavy atom. The lowest BCUT2D eigenvalue weighted by Gasteiger charge is -1.85. The first-order chi connectivity index (χ1) is 5.91. The van der Waals surface area contributed by atoms with Crippen LogP contribution in [0, 0.1) is 0 Å². The Hall–Kier alpha value is -0.860. The van der Waals surface area contributed by atoms with Crippen LogP contribution in [0.5, 0.6) is 0 Å². The Morgan fingerprint density at radius 3 is 0.833 bits per heavy atom. The summed E-state index contributed by atoms with van der Waals surface area (Å²) in [6.07, 6.45) is 1.44. The van der Waals surface area contributed by atoms with Crippen LogP contribution in [0.4, 0.5) is 0 Å². The minimum absolute atomic E-state index is 0.195. The molecule has 12 heavy (non-hydrogen) atoms. The molecule has 0 fully saturated rings. The third-order valence-electron chi connectivity index (χ3n) is 0.566. The Labute approximate surface area is 76.6 Å². The fourth-order valence-corrected chi connectivity index (χ4v) is 0.224. The van der Waals surface area contributed by atoms with E-state index in [1.165, 1.54) is 0 Å². The third kappa shape index (κ3) is 132. The van der Waals surface area contributed by atoms with E-state index in [1.807, 2.05) is 0 Å². The zero-order valence-electron chi connectivity index (χ0n) is 7.97. The van der Waals surface area contributed by atoms with Gasteiger partial charge in [0.15, 0.2) is 0 Å². The monoisotopic (exact) mass is 174 g/mol. The summed E-state index contributed by atoms with van der Waals surface area (Å²) in [5.41, 5.74) is 0. The van der Waals surface area contributed by atoms with Gasteiger partial charge in [-0.2, -0.15) is 0 Å². The van der Waals surface area contributed by atoms with Crippen LogP contribution in [0.15, 0.2) is 39.5 Å². The van der Waals surface area contributed by atoms with E-state index in [-0.39, 0.29) is 13.2 Å². The number of unbranched alkanes of at least 4 members (excludes halogenated alkanes) is 1. The molecule has 2 nitrogen and oxygen atoms in total. The molecule has 0 aromatic carbocycles. The Bertz CT molecular complexity index is 38.3. The molecule has 74 valence electrons. The topological polar surface area (TPSA) is 40.5 Å². The average Bonchev–Trinajstić information content (AvgIpc) is 2.24. The Morgan fingerprint density at radius 1 is 0.583 bits per heavy atom. The van der Waals surface area contributed by atoms with Crippen LogP contribution in [0.3, 0.4) is 0 Å². The smallest absolute Gasteiger partial charge is 0.0431 e. The second kappa shape index (κ2) is 85.9. The van der Waals surface area contributed by atoms with Gasteiger partial charge in [-0.3, -0.25) is 0 Å². The molecule has 0 saturated carbocycles. The summed E-state index contributed by atoms with van der Waals surface area (Å²) in [6.45, 7) is 18.4. The van der Waals surface area contributed by atoms with E-state index < -0.39 is 0 Å². The van der Waals surface area contributed by atoms with Gasteiger partial charge in [0.1, 0.15) is 0 Å². The van der Waals surface area contributed by atoms with Gasteiger partial charge in [-0.1, -0.05) is 0 Å². The second-order valence-electron chi connectivity index (χ2n) is 1.15. The molecule has 0 aliphatic rings. The van der Waals surface area contributed by atoms with Crippen molar-refractivity contribution in [2.24, 2.45) is 0 Å². The van der Waals surface area contributed by atoms with Gasteiger partial charge in [0.2, 0.25) is 0 Å². The van der Waals surface area contributed by atoms with E-state index in [2.05, 4.69) is 39.5 Å². The predicted octanol–water partition coefficient (Wildman–Crippen LogP) is 2.16. The van der Waals surface area contributed by atoms with E-state index >= 15 is 0 Å². The fraction of sp³-hybridized carbons (Fsp3) is 0.400. The van der Waals surface area contributed by atoms with Crippen LogP contribution in [0.25, 0.3) is 0 Å². The van der Waals surface area contributed by atoms with Crippen molar-refractivity contribution in [2.75, 3.05) is 13.2 Å². The molecule has 0 spiro atoms. The maximum Gasteiger partial charge on any atom is 0.0431 e. The van der Waals surface area contributed by atoms with Gasteiger partial charge < -0.3 is 10.2 Å². The normalized spacial score (nSPS) is 5.50. The molecule has 0 atom stereocenters. The molecule has 0 heterocycles. The van der Waals surface area contributed by atoms with E-state index in [0.717, 1.165) is 12.8 Å². The first-order valence-electron chi connectivity index (χ1n) is 3.63. The highest BCUT2D eigenvalue weighted by atomic mass is 16.3. The highest BCUT2D eigenvalue weighted by Crippen LogP contribution is 1.80. The third-order valence-corrected chi connectivity index (χ3v) is 0.566. The van der Waals surface area contributed by atoms with Crippen molar-refractivity contribution in [3.05, 3.63) is 39.5 Å². The van der Waals surface area contributed by atoms with Crippen molar-refractivity contribution in [2.45, 2.75) is 12.8 Å². The summed E-state index contributed by atoms with van der Waals surface area (Å²) in [6, 6.07) is 0. The van der Waals surface area contributed by atoms with Crippen LogP contribution in [0.2, 0.25) is 0 Å². The van der Waals surface area contributed by atoms with Gasteiger partial charge in [0.25, 0.3) is 0 Å². The Kier molecular flexibility index (Phi) is 161. The van der Waals surface area contributed by atoms with Gasteiger partial charge >= 0.3 is 0 Å². The first kappa shape index (κ1) is 22.5. The first-order valence-corrected chi connectivity index (χ1v) is 3.63. The number of aliphatic hydroxyl groups is 2. The molecule has 2 heteroatoms. The Balaban J connectivity index is -0.0000000453. The summed E-state index contributed by atoms with van der Waals surface area (Å²) < 4.78 is 0. The molecule has 2 N–H and O–H groups in total. The molecular weight excluding hydrogens is 152 g/mol. The molecule has 0 amide bonds. The van der Waals surface area contributed by atoms with Crippen molar-refractivity contribution in [3.63, 3.8) is 0 Å². The van der Waals surface area contributed by atoms with Gasteiger partial charge in [-0.15, -0.1) is 39.5 Å². The largest absolute Gasteiger partial charge is 0.396 e. The predicted molar refractivity (Wildman–Crippen MR) is 57.2 cm³/mol. The van der Waals surface area contributed by atoms with Gasteiger partial charge in [0.05, 0.1) is 0 Å². The van der Waals surface area contributed by atoms with Gasteiger partial charge in [0, 0.05) is 13.2 Å². The summed E-state index contributed by atoms with van der Waals surface area (Å²) in [4.78, 5) is 0. The van der Waals surface area contributed by atoms with Crippen molar-refractivity contribution in [1.82, 2.24) is 0 Å². The minimum atomic E-state index is 0.195. The van der Waals surface area contributed by atoms with E-state index in [9.17, 15) is 0 Å². The molecule has 0 aliphatic carbocycles. The van der Waals surface area contributed by atoms with Crippen molar-refractivity contribution >= 4 is 0 Å². The quantitative estimate of drug-likeness (QED) is 0.508. The molecule has 0 saturated heterocycles.